The van der Waals surface area contributed by atoms with Crippen molar-refractivity contribution in [2.75, 3.05) is 6.54 Å². The number of carbonyl (C=O) groups is 1. The Bertz CT molecular complexity index is 653. The van der Waals surface area contributed by atoms with E-state index in [4.69, 9.17) is 0 Å². The third-order valence-corrected chi connectivity index (χ3v) is 5.15. The molecular formula is C13H14N2O3S2. The van der Waals surface area contributed by atoms with E-state index in [0.29, 0.717) is 0 Å². The van der Waals surface area contributed by atoms with Crippen LogP contribution in [-0.4, -0.2) is 36.2 Å². The first kappa shape index (κ1) is 14.8. The van der Waals surface area contributed by atoms with Crippen molar-refractivity contribution in [3.63, 3.8) is 0 Å². The van der Waals surface area contributed by atoms with Gasteiger partial charge in [0, 0.05) is 6.54 Å². The van der Waals surface area contributed by atoms with E-state index in [0.717, 1.165) is 11.8 Å². The van der Waals surface area contributed by atoms with Crippen molar-refractivity contribution in [2.24, 2.45) is 4.40 Å². The molecule has 0 bridgehead atoms. The molecule has 1 unspecified atom stereocenters. The number of sulfonamides is 1. The van der Waals surface area contributed by atoms with Crippen LogP contribution < -0.4 is 0 Å². The summed E-state index contributed by atoms with van der Waals surface area (Å²) >= 11 is 1.14. The normalized spacial score (nSPS) is 21.4. The Morgan fingerprint density at radius 3 is 2.65 bits per heavy atom. The highest BCUT2D eigenvalue weighted by atomic mass is 32.2. The average Bonchev–Trinajstić information content (AvgIpc) is 2.67. The summed E-state index contributed by atoms with van der Waals surface area (Å²) in [6.07, 6.45) is 1.54. The van der Waals surface area contributed by atoms with Gasteiger partial charge in [0.25, 0.3) is 10.0 Å². The summed E-state index contributed by atoms with van der Waals surface area (Å²) in [6.45, 7) is 5.54. The van der Waals surface area contributed by atoms with Gasteiger partial charge in [0.15, 0.2) is 5.17 Å². The van der Waals surface area contributed by atoms with E-state index < -0.39 is 10.0 Å². The Labute approximate surface area is 122 Å². The average molecular weight is 310 g/mol. The summed E-state index contributed by atoms with van der Waals surface area (Å²) in [6, 6.07) is 7.94. The third kappa shape index (κ3) is 2.94. The van der Waals surface area contributed by atoms with E-state index in [1.807, 2.05) is 0 Å². The summed E-state index contributed by atoms with van der Waals surface area (Å²) in [5.74, 6) is -0.156. The molecule has 1 atom stereocenters. The fraction of sp³-hybridized carbons (Fsp3) is 0.231. The van der Waals surface area contributed by atoms with Crippen LogP contribution in [0, 0.1) is 0 Å². The lowest BCUT2D eigenvalue weighted by Crippen LogP contribution is -2.31. The Hall–Kier alpha value is -1.60. The van der Waals surface area contributed by atoms with Gasteiger partial charge in [-0.2, -0.15) is 8.42 Å². The second-order valence-corrected chi connectivity index (χ2v) is 7.07. The van der Waals surface area contributed by atoms with Gasteiger partial charge in [0.2, 0.25) is 5.91 Å². The molecule has 7 heteroatoms. The van der Waals surface area contributed by atoms with Crippen LogP contribution in [0.1, 0.15) is 6.92 Å². The minimum atomic E-state index is -3.80. The van der Waals surface area contributed by atoms with Gasteiger partial charge in [-0.1, -0.05) is 36.0 Å². The number of benzene rings is 1. The lowest BCUT2D eigenvalue weighted by molar-refractivity contribution is -0.125. The SMILES string of the molecule is C=CCN1C(=O)C(C)S/C1=N/S(=O)(=O)c1ccccc1. The molecule has 1 aliphatic heterocycles. The molecule has 0 saturated carbocycles. The molecule has 1 aliphatic rings. The molecule has 0 aromatic heterocycles. The zero-order valence-electron chi connectivity index (χ0n) is 10.9. The van der Waals surface area contributed by atoms with Gasteiger partial charge in [0.05, 0.1) is 10.1 Å². The molecule has 20 heavy (non-hydrogen) atoms. The number of carbonyl (C=O) groups excluding carboxylic acids is 1. The number of amidine groups is 1. The molecule has 0 spiro atoms. The second kappa shape index (κ2) is 5.80. The van der Waals surface area contributed by atoms with Crippen molar-refractivity contribution in [2.45, 2.75) is 17.1 Å². The highest BCUT2D eigenvalue weighted by Gasteiger charge is 2.35. The minimum Gasteiger partial charge on any atom is -0.286 e. The van der Waals surface area contributed by atoms with Gasteiger partial charge >= 0.3 is 0 Å². The molecule has 2 rings (SSSR count). The number of hydrogen-bond acceptors (Lipinski definition) is 4. The topological polar surface area (TPSA) is 66.8 Å². The predicted octanol–water partition coefficient (Wildman–Crippen LogP) is 1.88. The fourth-order valence-corrected chi connectivity index (χ4v) is 3.92. The number of thioether (sulfide) groups is 1. The Morgan fingerprint density at radius 2 is 2.05 bits per heavy atom. The van der Waals surface area contributed by atoms with Gasteiger partial charge in [-0.15, -0.1) is 11.0 Å². The smallest absolute Gasteiger partial charge is 0.284 e. The first-order chi connectivity index (χ1) is 9.45. The van der Waals surface area contributed by atoms with Gasteiger partial charge in [-0.3, -0.25) is 9.69 Å². The van der Waals surface area contributed by atoms with E-state index in [1.165, 1.54) is 17.0 Å². The standard InChI is InChI=1S/C13H14N2O3S2/c1-3-9-15-12(16)10(2)19-13(15)14-20(17,18)11-7-5-4-6-8-11/h3-8,10H,1,9H2,2H3/b14-13+. The summed E-state index contributed by atoms with van der Waals surface area (Å²) in [5, 5.41) is -0.133. The summed E-state index contributed by atoms with van der Waals surface area (Å²) < 4.78 is 28.2. The molecule has 1 heterocycles. The predicted molar refractivity (Wildman–Crippen MR) is 80.0 cm³/mol. The highest BCUT2D eigenvalue weighted by molar-refractivity contribution is 8.16. The molecule has 0 aliphatic carbocycles. The number of nitrogens with zero attached hydrogens (tertiary/aromatic N) is 2. The maximum Gasteiger partial charge on any atom is 0.284 e. The number of amides is 1. The van der Waals surface area contributed by atoms with Crippen molar-refractivity contribution in [3.05, 3.63) is 43.0 Å². The number of hydrogen-bond donors (Lipinski definition) is 0. The van der Waals surface area contributed by atoms with Crippen molar-refractivity contribution >= 4 is 32.9 Å². The monoisotopic (exact) mass is 310 g/mol. The third-order valence-electron chi connectivity index (χ3n) is 2.68. The van der Waals surface area contributed by atoms with Gasteiger partial charge < -0.3 is 0 Å². The van der Waals surface area contributed by atoms with E-state index in [9.17, 15) is 13.2 Å². The zero-order valence-corrected chi connectivity index (χ0v) is 12.5. The van der Waals surface area contributed by atoms with Crippen LogP contribution in [0.4, 0.5) is 0 Å². The van der Waals surface area contributed by atoms with Gasteiger partial charge in [0.1, 0.15) is 0 Å². The molecular weight excluding hydrogens is 296 g/mol. The van der Waals surface area contributed by atoms with Crippen molar-refractivity contribution in [3.8, 4) is 0 Å². The first-order valence-corrected chi connectivity index (χ1v) is 8.26. The van der Waals surface area contributed by atoms with Crippen molar-refractivity contribution < 1.29 is 13.2 Å². The van der Waals surface area contributed by atoms with Crippen molar-refractivity contribution in [1.29, 1.82) is 0 Å². The number of rotatable bonds is 4. The molecule has 1 fully saturated rings. The summed E-state index contributed by atoms with van der Waals surface area (Å²) in [5.41, 5.74) is 0. The maximum atomic E-state index is 12.2. The maximum absolute atomic E-state index is 12.2. The molecule has 5 nitrogen and oxygen atoms in total. The Balaban J connectivity index is 2.39. The molecule has 0 N–H and O–H groups in total. The summed E-state index contributed by atoms with van der Waals surface area (Å²) in [7, 11) is -3.80. The molecule has 106 valence electrons. The van der Waals surface area contributed by atoms with Crippen LogP contribution in [-0.2, 0) is 14.8 Å². The van der Waals surface area contributed by atoms with E-state index in [2.05, 4.69) is 11.0 Å². The van der Waals surface area contributed by atoms with Crippen LogP contribution in [0.2, 0.25) is 0 Å². The lowest BCUT2D eigenvalue weighted by Gasteiger charge is -2.13. The van der Waals surface area contributed by atoms with E-state index >= 15 is 0 Å². The fourth-order valence-electron chi connectivity index (χ4n) is 1.70. The first-order valence-electron chi connectivity index (χ1n) is 5.94. The molecule has 1 aromatic carbocycles. The molecule has 1 aromatic rings. The van der Waals surface area contributed by atoms with Gasteiger partial charge in [-0.25, -0.2) is 0 Å². The van der Waals surface area contributed by atoms with Crippen LogP contribution in [0.3, 0.4) is 0 Å². The summed E-state index contributed by atoms with van der Waals surface area (Å²) in [4.78, 5) is 13.4. The minimum absolute atomic E-state index is 0.110. The Morgan fingerprint density at radius 1 is 1.40 bits per heavy atom. The van der Waals surface area contributed by atoms with Crippen molar-refractivity contribution in [1.82, 2.24) is 4.90 Å². The van der Waals surface area contributed by atoms with Crippen LogP contribution in [0.25, 0.3) is 0 Å². The largest absolute Gasteiger partial charge is 0.286 e. The van der Waals surface area contributed by atoms with Gasteiger partial charge in [-0.05, 0) is 19.1 Å². The highest BCUT2D eigenvalue weighted by Crippen LogP contribution is 2.28. The second-order valence-electron chi connectivity index (χ2n) is 4.16. The van der Waals surface area contributed by atoms with Crippen LogP contribution in [0.5, 0.6) is 0 Å². The molecule has 1 amide bonds. The molecule has 1 saturated heterocycles. The van der Waals surface area contributed by atoms with Crippen LogP contribution >= 0.6 is 11.8 Å². The lowest BCUT2D eigenvalue weighted by atomic mass is 10.4. The van der Waals surface area contributed by atoms with E-state index in [1.54, 1.807) is 31.2 Å². The van der Waals surface area contributed by atoms with E-state index in [-0.39, 0.29) is 27.8 Å². The zero-order chi connectivity index (χ0) is 14.8. The quantitative estimate of drug-likeness (QED) is 0.796. The Kier molecular flexibility index (Phi) is 4.29. The molecule has 0 radical (unpaired) electrons. The van der Waals surface area contributed by atoms with Crippen LogP contribution in [0.15, 0.2) is 52.3 Å².